The summed E-state index contributed by atoms with van der Waals surface area (Å²) in [6.07, 6.45) is 8.62. The summed E-state index contributed by atoms with van der Waals surface area (Å²) in [4.78, 5) is 24.1. The van der Waals surface area contributed by atoms with Crippen molar-refractivity contribution in [1.82, 2.24) is 15.3 Å². The number of hydrogen-bond acceptors (Lipinski definition) is 5. The lowest BCUT2D eigenvalue weighted by atomic mass is 9.73. The van der Waals surface area contributed by atoms with E-state index in [0.29, 0.717) is 17.9 Å². The Morgan fingerprint density at radius 3 is 2.86 bits per heavy atom. The van der Waals surface area contributed by atoms with Crippen LogP contribution in [0.4, 0.5) is 5.82 Å². The fourth-order valence-electron chi connectivity index (χ4n) is 6.28. The van der Waals surface area contributed by atoms with Gasteiger partial charge < -0.3 is 15.0 Å². The molecule has 1 aromatic rings. The molecule has 3 aliphatic heterocycles. The normalized spacial score (nSPS) is 35.4. The first-order valence-corrected chi connectivity index (χ1v) is 10.9. The quantitative estimate of drug-likeness (QED) is 0.865. The highest BCUT2D eigenvalue weighted by molar-refractivity contribution is 5.82. The zero-order valence-electron chi connectivity index (χ0n) is 17.3. The summed E-state index contributed by atoms with van der Waals surface area (Å²) in [6, 6.07) is 0. The van der Waals surface area contributed by atoms with E-state index in [9.17, 15) is 4.79 Å². The number of carbonyl (C=O) groups is 1. The molecule has 1 spiro atoms. The molecule has 4 heterocycles. The van der Waals surface area contributed by atoms with Crippen molar-refractivity contribution in [3.05, 3.63) is 17.6 Å². The van der Waals surface area contributed by atoms with Crippen LogP contribution in [-0.2, 0) is 9.53 Å². The average Bonchev–Trinajstić information content (AvgIpc) is 3.42. The van der Waals surface area contributed by atoms with Gasteiger partial charge >= 0.3 is 0 Å². The molecular weight excluding hydrogens is 352 g/mol. The summed E-state index contributed by atoms with van der Waals surface area (Å²) < 4.78 is 6.56. The molecule has 0 aromatic carbocycles. The SMILES string of the molecule is Cc1ncnc(N2C[C@@H]3[C@H](CNC(=O)C4(C)CCCC4)[C@H]4CC[C@]3(C2)O4)c1C. The molecule has 6 nitrogen and oxygen atoms in total. The minimum Gasteiger partial charge on any atom is -0.369 e. The summed E-state index contributed by atoms with van der Waals surface area (Å²) in [5.74, 6) is 2.18. The Balaban J connectivity index is 1.31. The first kappa shape index (κ1) is 18.3. The van der Waals surface area contributed by atoms with Crippen LogP contribution in [0.3, 0.4) is 0 Å². The molecule has 3 saturated heterocycles. The van der Waals surface area contributed by atoms with Gasteiger partial charge in [-0.1, -0.05) is 19.8 Å². The maximum absolute atomic E-state index is 12.8. The number of carbonyl (C=O) groups excluding carboxylic acids is 1. The third-order valence-electron chi connectivity index (χ3n) is 8.15. The molecule has 4 fully saturated rings. The van der Waals surface area contributed by atoms with Crippen molar-refractivity contribution >= 4 is 11.7 Å². The maximum atomic E-state index is 12.8. The first-order valence-electron chi connectivity index (χ1n) is 10.9. The Kier molecular flexibility index (Phi) is 4.20. The van der Waals surface area contributed by atoms with E-state index in [2.05, 4.69) is 34.0 Å². The van der Waals surface area contributed by atoms with Crippen molar-refractivity contribution in [2.24, 2.45) is 17.3 Å². The number of aryl methyl sites for hydroxylation is 1. The first-order chi connectivity index (χ1) is 13.4. The lowest BCUT2D eigenvalue weighted by molar-refractivity contribution is -0.130. The van der Waals surface area contributed by atoms with Crippen molar-refractivity contribution in [3.8, 4) is 0 Å². The largest absolute Gasteiger partial charge is 0.369 e. The van der Waals surface area contributed by atoms with Gasteiger partial charge in [0.15, 0.2) is 0 Å². The highest BCUT2D eigenvalue weighted by Crippen LogP contribution is 2.55. The van der Waals surface area contributed by atoms with Crippen LogP contribution in [0.2, 0.25) is 0 Å². The van der Waals surface area contributed by atoms with Crippen LogP contribution in [0.15, 0.2) is 6.33 Å². The fourth-order valence-corrected chi connectivity index (χ4v) is 6.28. The van der Waals surface area contributed by atoms with Gasteiger partial charge in [-0.15, -0.1) is 0 Å². The van der Waals surface area contributed by atoms with Crippen LogP contribution in [0.1, 0.15) is 56.7 Å². The average molecular weight is 385 g/mol. The Labute approximate surface area is 167 Å². The summed E-state index contributed by atoms with van der Waals surface area (Å²) in [5, 5.41) is 3.31. The standard InChI is InChI=1S/C22H32N4O2/c1-14-15(2)24-13-25-19(14)26-11-17-16(18-6-9-22(17,12-26)28-18)10-23-20(27)21(3)7-4-5-8-21/h13,16-18H,4-12H2,1-3H3,(H,23,27)/t16-,17+,18+,22+/m0/s1. The highest BCUT2D eigenvalue weighted by atomic mass is 16.5. The van der Waals surface area contributed by atoms with Gasteiger partial charge in [-0.05, 0) is 39.5 Å². The third-order valence-corrected chi connectivity index (χ3v) is 8.15. The number of anilines is 1. The molecule has 1 N–H and O–H groups in total. The summed E-state index contributed by atoms with van der Waals surface area (Å²) in [5.41, 5.74) is 1.99. The summed E-state index contributed by atoms with van der Waals surface area (Å²) in [6.45, 7) is 8.90. The predicted molar refractivity (Wildman–Crippen MR) is 107 cm³/mol. The van der Waals surface area contributed by atoms with E-state index in [1.54, 1.807) is 6.33 Å². The smallest absolute Gasteiger partial charge is 0.225 e. The van der Waals surface area contributed by atoms with Gasteiger partial charge in [-0.2, -0.15) is 0 Å². The Hall–Kier alpha value is -1.69. The van der Waals surface area contributed by atoms with Crippen molar-refractivity contribution in [3.63, 3.8) is 0 Å². The van der Waals surface area contributed by atoms with Crippen LogP contribution in [0.5, 0.6) is 0 Å². The van der Waals surface area contributed by atoms with E-state index in [4.69, 9.17) is 4.74 Å². The topological polar surface area (TPSA) is 67.4 Å². The van der Waals surface area contributed by atoms with Crippen molar-refractivity contribution < 1.29 is 9.53 Å². The summed E-state index contributed by atoms with van der Waals surface area (Å²) in [7, 11) is 0. The van der Waals surface area contributed by atoms with E-state index in [1.165, 1.54) is 12.8 Å². The molecule has 0 radical (unpaired) electrons. The number of nitrogens with one attached hydrogen (secondary N) is 1. The number of aromatic nitrogens is 2. The molecule has 152 valence electrons. The van der Waals surface area contributed by atoms with Gasteiger partial charge in [0, 0.05) is 48.1 Å². The Morgan fingerprint density at radius 1 is 1.29 bits per heavy atom. The van der Waals surface area contributed by atoms with E-state index in [1.807, 2.05) is 6.92 Å². The molecule has 1 amide bonds. The minimum absolute atomic E-state index is 0.0530. The maximum Gasteiger partial charge on any atom is 0.225 e. The van der Waals surface area contributed by atoms with Crippen molar-refractivity contribution in [1.29, 1.82) is 0 Å². The van der Waals surface area contributed by atoms with Crippen LogP contribution in [0.25, 0.3) is 0 Å². The van der Waals surface area contributed by atoms with Crippen LogP contribution >= 0.6 is 0 Å². The molecule has 4 atom stereocenters. The molecule has 1 aromatic heterocycles. The van der Waals surface area contributed by atoms with Gasteiger partial charge in [0.25, 0.3) is 0 Å². The minimum atomic E-state index is -0.159. The summed E-state index contributed by atoms with van der Waals surface area (Å²) >= 11 is 0. The molecule has 4 aliphatic rings. The molecule has 5 rings (SSSR count). The van der Waals surface area contributed by atoms with Crippen LogP contribution in [0, 0.1) is 31.1 Å². The number of hydrogen-bond donors (Lipinski definition) is 1. The fraction of sp³-hybridized carbons (Fsp3) is 0.773. The molecule has 1 aliphatic carbocycles. The van der Waals surface area contributed by atoms with Crippen LogP contribution < -0.4 is 10.2 Å². The van der Waals surface area contributed by atoms with Crippen molar-refractivity contribution in [2.45, 2.75) is 71.0 Å². The number of amides is 1. The second-order valence-electron chi connectivity index (χ2n) is 9.80. The predicted octanol–water partition coefficient (Wildman–Crippen LogP) is 2.77. The van der Waals surface area contributed by atoms with E-state index < -0.39 is 0 Å². The zero-order valence-corrected chi connectivity index (χ0v) is 17.3. The second-order valence-corrected chi connectivity index (χ2v) is 9.80. The second kappa shape index (κ2) is 6.41. The molecular formula is C22H32N4O2. The Morgan fingerprint density at radius 2 is 2.07 bits per heavy atom. The van der Waals surface area contributed by atoms with Crippen LogP contribution in [-0.4, -0.2) is 47.2 Å². The lowest BCUT2D eigenvalue weighted by Crippen LogP contribution is -2.45. The number of fused-ring (bicyclic) bond motifs is 1. The van der Waals surface area contributed by atoms with Crippen molar-refractivity contribution in [2.75, 3.05) is 24.5 Å². The number of ether oxygens (including phenoxy) is 1. The van der Waals surface area contributed by atoms with Gasteiger partial charge in [-0.25, -0.2) is 9.97 Å². The molecule has 0 unspecified atom stereocenters. The monoisotopic (exact) mass is 384 g/mol. The zero-order chi connectivity index (χ0) is 19.5. The lowest BCUT2D eigenvalue weighted by Gasteiger charge is -2.30. The molecule has 28 heavy (non-hydrogen) atoms. The molecule has 1 saturated carbocycles. The molecule has 6 heteroatoms. The van der Waals surface area contributed by atoms with E-state index in [-0.39, 0.29) is 16.9 Å². The van der Waals surface area contributed by atoms with E-state index in [0.717, 1.165) is 62.4 Å². The van der Waals surface area contributed by atoms with Gasteiger partial charge in [0.1, 0.15) is 12.1 Å². The number of rotatable bonds is 4. The molecule has 2 bridgehead atoms. The van der Waals surface area contributed by atoms with E-state index >= 15 is 0 Å². The third kappa shape index (κ3) is 2.67. The van der Waals surface area contributed by atoms with Gasteiger partial charge in [-0.3, -0.25) is 4.79 Å². The highest BCUT2D eigenvalue weighted by Gasteiger charge is 2.63. The van der Waals surface area contributed by atoms with Gasteiger partial charge in [0.05, 0.1) is 11.7 Å². The number of nitrogens with zero attached hydrogens (tertiary/aromatic N) is 3. The van der Waals surface area contributed by atoms with Gasteiger partial charge in [0.2, 0.25) is 5.91 Å². The Bertz CT molecular complexity index is 791.